The highest BCUT2D eigenvalue weighted by Crippen LogP contribution is 2.22. The molecule has 1 aromatic rings. The molecule has 2 rings (SSSR count). The normalized spacial score (nSPS) is 17.7. The molecule has 2 N–H and O–H groups in total. The number of methoxy groups -OCH3 is 2. The molecule has 1 aliphatic rings. The van der Waals surface area contributed by atoms with E-state index in [1.165, 1.54) is 0 Å². The summed E-state index contributed by atoms with van der Waals surface area (Å²) in [5.41, 5.74) is 1.04. The van der Waals surface area contributed by atoms with E-state index in [0.29, 0.717) is 32.5 Å². The van der Waals surface area contributed by atoms with Crippen molar-refractivity contribution in [1.29, 1.82) is 0 Å². The molecule has 1 aliphatic heterocycles. The summed E-state index contributed by atoms with van der Waals surface area (Å²) in [5, 5.41) is 12.3. The molecule has 21 heavy (non-hydrogen) atoms. The first kappa shape index (κ1) is 15.4. The standard InChI is InChI=1S/C15H22N2O4/c1-20-13-7-11(8-14(9-13)21-2)3-5-16-15(19)17-6-4-12(18)10-17/h7-9,12,18H,3-6,10H2,1-2H3,(H,16,19)/t12-/m1/s1. The molecule has 1 heterocycles. The van der Waals surface area contributed by atoms with Gasteiger partial charge in [0.25, 0.3) is 0 Å². The number of rotatable bonds is 5. The highest BCUT2D eigenvalue weighted by Gasteiger charge is 2.23. The van der Waals surface area contributed by atoms with Crippen molar-refractivity contribution in [2.24, 2.45) is 0 Å². The van der Waals surface area contributed by atoms with Crippen molar-refractivity contribution in [1.82, 2.24) is 10.2 Å². The molecule has 0 aromatic heterocycles. The molecule has 0 aliphatic carbocycles. The van der Waals surface area contributed by atoms with E-state index in [4.69, 9.17) is 9.47 Å². The summed E-state index contributed by atoms with van der Waals surface area (Å²) < 4.78 is 10.4. The van der Waals surface area contributed by atoms with E-state index in [0.717, 1.165) is 17.1 Å². The fourth-order valence-corrected chi connectivity index (χ4v) is 2.36. The van der Waals surface area contributed by atoms with Crippen molar-refractivity contribution in [2.75, 3.05) is 33.9 Å². The van der Waals surface area contributed by atoms with Crippen LogP contribution in [0.15, 0.2) is 18.2 Å². The number of amides is 2. The largest absolute Gasteiger partial charge is 0.497 e. The lowest BCUT2D eigenvalue weighted by Gasteiger charge is -2.16. The van der Waals surface area contributed by atoms with Gasteiger partial charge in [-0.05, 0) is 30.5 Å². The number of aliphatic hydroxyl groups excluding tert-OH is 1. The number of benzene rings is 1. The fourth-order valence-electron chi connectivity index (χ4n) is 2.36. The highest BCUT2D eigenvalue weighted by atomic mass is 16.5. The zero-order valence-corrected chi connectivity index (χ0v) is 12.5. The summed E-state index contributed by atoms with van der Waals surface area (Å²) >= 11 is 0. The number of urea groups is 1. The van der Waals surface area contributed by atoms with Gasteiger partial charge in [-0.3, -0.25) is 0 Å². The molecule has 1 atom stereocenters. The minimum Gasteiger partial charge on any atom is -0.497 e. The summed E-state index contributed by atoms with van der Waals surface area (Å²) in [4.78, 5) is 13.5. The Morgan fingerprint density at radius 1 is 1.33 bits per heavy atom. The maximum absolute atomic E-state index is 11.9. The molecule has 0 bridgehead atoms. The van der Waals surface area contributed by atoms with Crippen molar-refractivity contribution in [2.45, 2.75) is 18.9 Å². The molecule has 0 saturated carbocycles. The number of hydrogen-bond acceptors (Lipinski definition) is 4. The minimum atomic E-state index is -0.390. The predicted molar refractivity (Wildman–Crippen MR) is 78.8 cm³/mol. The lowest BCUT2D eigenvalue weighted by Crippen LogP contribution is -2.39. The fraction of sp³-hybridized carbons (Fsp3) is 0.533. The maximum atomic E-state index is 11.9. The van der Waals surface area contributed by atoms with Gasteiger partial charge >= 0.3 is 6.03 Å². The smallest absolute Gasteiger partial charge is 0.317 e. The van der Waals surface area contributed by atoms with Crippen LogP contribution in [0.5, 0.6) is 11.5 Å². The number of likely N-dealkylation sites (tertiary alicyclic amines) is 1. The van der Waals surface area contributed by atoms with Gasteiger partial charge in [-0.15, -0.1) is 0 Å². The summed E-state index contributed by atoms with van der Waals surface area (Å²) in [5.74, 6) is 1.47. The van der Waals surface area contributed by atoms with Crippen LogP contribution in [0.25, 0.3) is 0 Å². The van der Waals surface area contributed by atoms with Gasteiger partial charge in [-0.2, -0.15) is 0 Å². The molecule has 0 spiro atoms. The van der Waals surface area contributed by atoms with Crippen LogP contribution in [-0.4, -0.2) is 56.0 Å². The Kier molecular flexibility index (Phi) is 5.27. The van der Waals surface area contributed by atoms with Crippen molar-refractivity contribution >= 4 is 6.03 Å². The topological polar surface area (TPSA) is 71.0 Å². The SMILES string of the molecule is COc1cc(CCNC(=O)N2CC[C@@H](O)C2)cc(OC)c1. The second-order valence-electron chi connectivity index (χ2n) is 5.09. The molecule has 0 unspecified atom stereocenters. The molecular weight excluding hydrogens is 272 g/mol. The first-order chi connectivity index (χ1) is 10.1. The van der Waals surface area contributed by atoms with Gasteiger partial charge in [-0.1, -0.05) is 0 Å². The van der Waals surface area contributed by atoms with Crippen LogP contribution >= 0.6 is 0 Å². The lowest BCUT2D eigenvalue weighted by atomic mass is 10.1. The summed E-state index contributed by atoms with van der Waals surface area (Å²) in [6.45, 7) is 1.56. The third kappa shape index (κ3) is 4.26. The number of carbonyl (C=O) groups excluding carboxylic acids is 1. The number of nitrogens with zero attached hydrogens (tertiary/aromatic N) is 1. The van der Waals surface area contributed by atoms with Crippen LogP contribution in [0.2, 0.25) is 0 Å². The van der Waals surface area contributed by atoms with E-state index in [-0.39, 0.29) is 6.03 Å². The van der Waals surface area contributed by atoms with E-state index in [2.05, 4.69) is 5.32 Å². The van der Waals surface area contributed by atoms with Crippen LogP contribution in [0.1, 0.15) is 12.0 Å². The number of hydrogen-bond donors (Lipinski definition) is 2. The summed E-state index contributed by atoms with van der Waals surface area (Å²) in [7, 11) is 3.22. The van der Waals surface area contributed by atoms with E-state index in [1.807, 2.05) is 18.2 Å². The molecule has 1 aromatic carbocycles. The average molecular weight is 294 g/mol. The van der Waals surface area contributed by atoms with Gasteiger partial charge in [0, 0.05) is 25.7 Å². The van der Waals surface area contributed by atoms with Crippen molar-refractivity contribution in [3.05, 3.63) is 23.8 Å². The van der Waals surface area contributed by atoms with E-state index in [9.17, 15) is 9.90 Å². The van der Waals surface area contributed by atoms with Crippen LogP contribution < -0.4 is 14.8 Å². The molecule has 0 radical (unpaired) electrons. The Morgan fingerprint density at radius 2 is 2.00 bits per heavy atom. The number of ether oxygens (including phenoxy) is 2. The second-order valence-corrected chi connectivity index (χ2v) is 5.09. The Labute approximate surface area is 124 Å². The van der Waals surface area contributed by atoms with Gasteiger partial charge < -0.3 is 24.8 Å². The van der Waals surface area contributed by atoms with Gasteiger partial charge in [0.15, 0.2) is 0 Å². The zero-order valence-electron chi connectivity index (χ0n) is 12.5. The van der Waals surface area contributed by atoms with Gasteiger partial charge in [0.2, 0.25) is 0 Å². The number of nitrogens with one attached hydrogen (secondary N) is 1. The predicted octanol–water partition coefficient (Wildman–Crippen LogP) is 1.02. The quantitative estimate of drug-likeness (QED) is 0.850. The van der Waals surface area contributed by atoms with Crippen molar-refractivity contribution < 1.29 is 19.4 Å². The van der Waals surface area contributed by atoms with Gasteiger partial charge in [-0.25, -0.2) is 4.79 Å². The lowest BCUT2D eigenvalue weighted by molar-refractivity contribution is 0.172. The van der Waals surface area contributed by atoms with Gasteiger partial charge in [0.05, 0.1) is 20.3 Å². The third-order valence-electron chi connectivity index (χ3n) is 3.55. The monoisotopic (exact) mass is 294 g/mol. The molecular formula is C15H22N2O4. The second kappa shape index (κ2) is 7.17. The van der Waals surface area contributed by atoms with Gasteiger partial charge in [0.1, 0.15) is 11.5 Å². The number of carbonyl (C=O) groups is 1. The van der Waals surface area contributed by atoms with Crippen LogP contribution in [0.3, 0.4) is 0 Å². The van der Waals surface area contributed by atoms with Crippen LogP contribution in [-0.2, 0) is 6.42 Å². The van der Waals surface area contributed by atoms with Crippen LogP contribution in [0.4, 0.5) is 4.79 Å². The number of β-amino-alcohol motifs (C(OH)–C–C–N with tert-alkyl or cyclic N) is 1. The molecule has 6 heteroatoms. The Hall–Kier alpha value is -1.95. The molecule has 1 fully saturated rings. The summed E-state index contributed by atoms with van der Waals surface area (Å²) in [6, 6.07) is 5.54. The Balaban J connectivity index is 1.84. The maximum Gasteiger partial charge on any atom is 0.317 e. The molecule has 1 saturated heterocycles. The average Bonchev–Trinajstić information content (AvgIpc) is 2.93. The first-order valence-corrected chi connectivity index (χ1v) is 7.05. The third-order valence-corrected chi connectivity index (χ3v) is 3.55. The highest BCUT2D eigenvalue weighted by molar-refractivity contribution is 5.74. The zero-order chi connectivity index (χ0) is 15.2. The van der Waals surface area contributed by atoms with Crippen LogP contribution in [0, 0.1) is 0 Å². The molecule has 6 nitrogen and oxygen atoms in total. The first-order valence-electron chi connectivity index (χ1n) is 7.05. The van der Waals surface area contributed by atoms with E-state index >= 15 is 0 Å². The van der Waals surface area contributed by atoms with E-state index in [1.54, 1.807) is 19.1 Å². The van der Waals surface area contributed by atoms with Crippen molar-refractivity contribution in [3.63, 3.8) is 0 Å². The minimum absolute atomic E-state index is 0.124. The number of aliphatic hydroxyl groups is 1. The van der Waals surface area contributed by atoms with Crippen molar-refractivity contribution in [3.8, 4) is 11.5 Å². The van der Waals surface area contributed by atoms with E-state index < -0.39 is 6.10 Å². The molecule has 116 valence electrons. The Morgan fingerprint density at radius 3 is 2.52 bits per heavy atom. The molecule has 2 amide bonds. The summed E-state index contributed by atoms with van der Waals surface area (Å²) in [6.07, 6.45) is 0.953. The Bertz CT molecular complexity index is 470.